The van der Waals surface area contributed by atoms with Gasteiger partial charge in [-0.2, -0.15) is 0 Å². The Bertz CT molecular complexity index is 1200. The molecule has 36 heavy (non-hydrogen) atoms. The zero-order valence-electron chi connectivity index (χ0n) is 21.3. The number of hydrogen-bond acceptors (Lipinski definition) is 6. The van der Waals surface area contributed by atoms with Crippen LogP contribution in [0.3, 0.4) is 0 Å². The van der Waals surface area contributed by atoms with E-state index >= 15 is 0 Å². The Morgan fingerprint density at radius 1 is 1.03 bits per heavy atom. The van der Waals surface area contributed by atoms with E-state index in [-0.39, 0.29) is 12.1 Å². The van der Waals surface area contributed by atoms with Gasteiger partial charge in [-0.15, -0.1) is 0 Å². The van der Waals surface area contributed by atoms with Crippen molar-refractivity contribution in [2.24, 2.45) is 0 Å². The van der Waals surface area contributed by atoms with Crippen LogP contribution in [-0.4, -0.2) is 29.8 Å². The molecular formula is C29H33ClN2O4. The number of anilines is 2. The lowest BCUT2D eigenvalue weighted by molar-refractivity contribution is 0.00695. The highest BCUT2D eigenvalue weighted by Crippen LogP contribution is 2.38. The van der Waals surface area contributed by atoms with Crippen molar-refractivity contribution in [2.75, 3.05) is 12.0 Å². The molecule has 1 heterocycles. The Kier molecular flexibility index (Phi) is 8.04. The molecule has 6 nitrogen and oxygen atoms in total. The molecule has 0 saturated heterocycles. The predicted molar refractivity (Wildman–Crippen MR) is 143 cm³/mol. The molecule has 190 valence electrons. The monoisotopic (exact) mass is 508 g/mol. The normalized spacial score (nSPS) is 13.9. The predicted octanol–water partition coefficient (Wildman–Crippen LogP) is 7.36. The maximum absolute atomic E-state index is 12.8. The molecule has 7 heteroatoms. The van der Waals surface area contributed by atoms with Crippen molar-refractivity contribution in [1.29, 1.82) is 0 Å². The third-order valence-corrected chi connectivity index (χ3v) is 6.33. The smallest absolute Gasteiger partial charge is 0.338 e. The fraction of sp³-hybridized carbons (Fsp3) is 0.379. The standard InChI is InChI=1S/C29H33ClN2O4/c1-29(2,3)36-28(33)20-9-7-10-21(17-20)32(19-25-24(30)13-8-16-31-25)22-14-15-26(34-4)27(18-22)35-23-11-5-6-12-23/h7-10,13-18,23H,5-6,11-12,19H2,1-4H3. The van der Waals surface area contributed by atoms with E-state index in [9.17, 15) is 4.79 Å². The molecule has 0 bridgehead atoms. The van der Waals surface area contributed by atoms with Gasteiger partial charge in [0.15, 0.2) is 11.5 Å². The maximum Gasteiger partial charge on any atom is 0.338 e. The zero-order valence-corrected chi connectivity index (χ0v) is 22.0. The van der Waals surface area contributed by atoms with E-state index in [2.05, 4.69) is 9.88 Å². The summed E-state index contributed by atoms with van der Waals surface area (Å²) in [4.78, 5) is 19.4. The third-order valence-electron chi connectivity index (χ3n) is 5.99. The molecule has 1 aliphatic carbocycles. The highest BCUT2D eigenvalue weighted by atomic mass is 35.5. The Morgan fingerprint density at radius 2 is 1.78 bits per heavy atom. The number of nitrogens with zero attached hydrogens (tertiary/aromatic N) is 2. The lowest BCUT2D eigenvalue weighted by Gasteiger charge is -2.27. The number of ether oxygens (including phenoxy) is 3. The third kappa shape index (κ3) is 6.49. The molecule has 1 aliphatic rings. The zero-order chi connectivity index (χ0) is 25.7. The highest BCUT2D eigenvalue weighted by molar-refractivity contribution is 6.31. The summed E-state index contributed by atoms with van der Waals surface area (Å²) in [5.41, 5.74) is 2.27. The first-order valence-electron chi connectivity index (χ1n) is 12.3. The van der Waals surface area contributed by atoms with Crippen LogP contribution in [0.15, 0.2) is 60.8 Å². The average Bonchev–Trinajstić information content (AvgIpc) is 3.36. The second-order valence-corrected chi connectivity index (χ2v) is 10.3. The molecule has 0 radical (unpaired) electrons. The fourth-order valence-electron chi connectivity index (χ4n) is 4.27. The van der Waals surface area contributed by atoms with Crippen LogP contribution in [0.4, 0.5) is 11.4 Å². The number of rotatable bonds is 8. The van der Waals surface area contributed by atoms with Gasteiger partial charge in [0.1, 0.15) is 5.60 Å². The highest BCUT2D eigenvalue weighted by Gasteiger charge is 2.22. The van der Waals surface area contributed by atoms with Crippen molar-refractivity contribution in [1.82, 2.24) is 4.98 Å². The molecule has 4 rings (SSSR count). The van der Waals surface area contributed by atoms with Crippen LogP contribution in [0.5, 0.6) is 11.5 Å². The van der Waals surface area contributed by atoms with Crippen molar-refractivity contribution in [2.45, 2.75) is 64.7 Å². The number of carbonyl (C=O) groups excluding carboxylic acids is 1. The summed E-state index contributed by atoms with van der Waals surface area (Å²) >= 11 is 6.48. The van der Waals surface area contributed by atoms with Crippen LogP contribution < -0.4 is 14.4 Å². The Morgan fingerprint density at radius 3 is 2.47 bits per heavy atom. The average molecular weight is 509 g/mol. The number of halogens is 1. The van der Waals surface area contributed by atoms with E-state index in [1.54, 1.807) is 25.4 Å². The van der Waals surface area contributed by atoms with Crippen molar-refractivity contribution < 1.29 is 19.0 Å². The number of methoxy groups -OCH3 is 1. The molecule has 1 fully saturated rings. The van der Waals surface area contributed by atoms with Crippen molar-refractivity contribution in [3.63, 3.8) is 0 Å². The van der Waals surface area contributed by atoms with Crippen LogP contribution in [0.25, 0.3) is 0 Å². The van der Waals surface area contributed by atoms with Gasteiger partial charge < -0.3 is 19.1 Å². The van der Waals surface area contributed by atoms with Gasteiger partial charge in [-0.1, -0.05) is 17.7 Å². The van der Waals surface area contributed by atoms with Crippen LogP contribution in [0.1, 0.15) is 62.5 Å². The van der Waals surface area contributed by atoms with E-state index in [1.807, 2.05) is 63.2 Å². The molecule has 0 N–H and O–H groups in total. The summed E-state index contributed by atoms with van der Waals surface area (Å²) < 4.78 is 17.5. The van der Waals surface area contributed by atoms with Crippen molar-refractivity contribution >= 4 is 28.9 Å². The first-order chi connectivity index (χ1) is 17.2. The molecule has 1 saturated carbocycles. The molecule has 2 aromatic carbocycles. The summed E-state index contributed by atoms with van der Waals surface area (Å²) in [5, 5.41) is 0.571. The minimum absolute atomic E-state index is 0.184. The Labute approximate surface area is 218 Å². The van der Waals surface area contributed by atoms with Gasteiger partial charge in [-0.3, -0.25) is 4.98 Å². The van der Waals surface area contributed by atoms with E-state index in [0.29, 0.717) is 28.6 Å². The summed E-state index contributed by atoms with van der Waals surface area (Å²) in [7, 11) is 1.65. The molecule has 3 aromatic rings. The number of hydrogen-bond donors (Lipinski definition) is 0. The van der Waals surface area contributed by atoms with Gasteiger partial charge in [0.2, 0.25) is 0 Å². The lowest BCUT2D eigenvalue weighted by atomic mass is 10.1. The quantitative estimate of drug-likeness (QED) is 0.296. The van der Waals surface area contributed by atoms with Gasteiger partial charge in [0.05, 0.1) is 36.0 Å². The van der Waals surface area contributed by atoms with E-state index in [1.165, 1.54) is 12.8 Å². The Balaban J connectivity index is 1.74. The number of benzene rings is 2. The first kappa shape index (κ1) is 25.8. The minimum Gasteiger partial charge on any atom is -0.493 e. The van der Waals surface area contributed by atoms with E-state index < -0.39 is 5.60 Å². The van der Waals surface area contributed by atoms with Crippen molar-refractivity contribution in [3.05, 3.63) is 77.1 Å². The molecule has 0 spiro atoms. The second kappa shape index (κ2) is 11.2. The number of pyridine rings is 1. The summed E-state index contributed by atoms with van der Waals surface area (Å²) in [6, 6.07) is 16.9. The molecular weight excluding hydrogens is 476 g/mol. The van der Waals surface area contributed by atoms with Gasteiger partial charge >= 0.3 is 5.97 Å². The van der Waals surface area contributed by atoms with Gasteiger partial charge in [-0.25, -0.2) is 4.79 Å². The van der Waals surface area contributed by atoms with E-state index in [4.69, 9.17) is 25.8 Å². The second-order valence-electron chi connectivity index (χ2n) is 9.93. The molecule has 0 amide bonds. The summed E-state index contributed by atoms with van der Waals surface area (Å²) in [5.74, 6) is 1.01. The number of esters is 1. The Hall–Kier alpha value is -3.25. The number of aromatic nitrogens is 1. The fourth-order valence-corrected chi connectivity index (χ4v) is 4.45. The number of carbonyl (C=O) groups is 1. The largest absolute Gasteiger partial charge is 0.493 e. The molecule has 0 unspecified atom stereocenters. The van der Waals surface area contributed by atoms with Gasteiger partial charge in [0.25, 0.3) is 0 Å². The molecule has 0 aliphatic heterocycles. The van der Waals surface area contributed by atoms with Gasteiger partial charge in [-0.05, 0) is 88.9 Å². The topological polar surface area (TPSA) is 60.9 Å². The summed E-state index contributed by atoms with van der Waals surface area (Å²) in [6.45, 7) is 5.96. The van der Waals surface area contributed by atoms with Gasteiger partial charge in [0, 0.05) is 23.6 Å². The minimum atomic E-state index is -0.587. The van der Waals surface area contributed by atoms with Crippen LogP contribution in [0.2, 0.25) is 5.02 Å². The van der Waals surface area contributed by atoms with Crippen LogP contribution in [-0.2, 0) is 11.3 Å². The van der Waals surface area contributed by atoms with Crippen molar-refractivity contribution in [3.8, 4) is 11.5 Å². The first-order valence-corrected chi connectivity index (χ1v) is 12.7. The van der Waals surface area contributed by atoms with Crippen LogP contribution >= 0.6 is 11.6 Å². The summed E-state index contributed by atoms with van der Waals surface area (Å²) in [6.07, 6.45) is 6.34. The molecule has 0 atom stereocenters. The molecule has 1 aromatic heterocycles. The lowest BCUT2D eigenvalue weighted by Crippen LogP contribution is -2.24. The van der Waals surface area contributed by atoms with Crippen LogP contribution in [0, 0.1) is 0 Å². The SMILES string of the molecule is COc1ccc(N(Cc2ncccc2Cl)c2cccc(C(=O)OC(C)(C)C)c2)cc1OC1CCCC1. The maximum atomic E-state index is 12.8. The van der Waals surface area contributed by atoms with E-state index in [0.717, 1.165) is 29.9 Å².